The lowest BCUT2D eigenvalue weighted by molar-refractivity contribution is -0.133. The number of ether oxygens (including phenoxy) is 1. The van der Waals surface area contributed by atoms with Crippen LogP contribution in [0.4, 0.5) is 0 Å². The molecule has 1 aliphatic carbocycles. The second-order valence-corrected chi connectivity index (χ2v) is 9.83. The second kappa shape index (κ2) is 10.2. The van der Waals surface area contributed by atoms with E-state index in [9.17, 15) is 9.59 Å². The summed E-state index contributed by atoms with van der Waals surface area (Å²) >= 11 is 0. The molecule has 33 heavy (non-hydrogen) atoms. The Hall–Kier alpha value is -2.54. The van der Waals surface area contributed by atoms with E-state index in [4.69, 9.17) is 9.15 Å². The van der Waals surface area contributed by atoms with Gasteiger partial charge < -0.3 is 23.9 Å². The van der Waals surface area contributed by atoms with Crippen molar-refractivity contribution in [2.45, 2.75) is 89.9 Å². The average molecular weight is 456 g/mol. The molecule has 2 aromatic rings. The van der Waals surface area contributed by atoms with Crippen LogP contribution < -0.4 is 5.32 Å². The van der Waals surface area contributed by atoms with Gasteiger partial charge in [-0.1, -0.05) is 25.7 Å². The summed E-state index contributed by atoms with van der Waals surface area (Å²) in [5.41, 5.74) is 0.416. The second-order valence-electron chi connectivity index (χ2n) is 9.83. The standard InChI is InChI=1S/C26H37N3O4/c1-19(2)32-17-9-15-29-24(30)22-14-13-21(23-12-8-16-33-23)28(22)18-26(29,3)25(31)27-20-10-6-4-5-7-11-20/h8,12-14,16,19-20H,4-7,9-11,15,17-18H2,1-3H3,(H,27,31). The molecule has 1 atom stereocenters. The predicted molar refractivity (Wildman–Crippen MR) is 127 cm³/mol. The van der Waals surface area contributed by atoms with E-state index >= 15 is 0 Å². The lowest BCUT2D eigenvalue weighted by Crippen LogP contribution is -2.65. The highest BCUT2D eigenvalue weighted by molar-refractivity contribution is 6.00. The van der Waals surface area contributed by atoms with Gasteiger partial charge in [0.05, 0.1) is 24.6 Å². The van der Waals surface area contributed by atoms with Gasteiger partial charge in [0, 0.05) is 19.2 Å². The number of carbonyl (C=O) groups is 2. The van der Waals surface area contributed by atoms with Gasteiger partial charge in [0.15, 0.2) is 0 Å². The Morgan fingerprint density at radius 2 is 1.91 bits per heavy atom. The minimum Gasteiger partial charge on any atom is -0.463 e. The zero-order valence-corrected chi connectivity index (χ0v) is 20.1. The molecule has 0 spiro atoms. The van der Waals surface area contributed by atoms with E-state index < -0.39 is 5.54 Å². The van der Waals surface area contributed by atoms with Crippen molar-refractivity contribution in [3.05, 3.63) is 36.2 Å². The van der Waals surface area contributed by atoms with Crippen molar-refractivity contribution in [2.24, 2.45) is 0 Å². The molecule has 0 saturated heterocycles. The van der Waals surface area contributed by atoms with E-state index in [1.54, 1.807) is 11.2 Å². The van der Waals surface area contributed by atoms with E-state index in [1.807, 2.05) is 49.6 Å². The molecule has 1 aliphatic heterocycles. The molecule has 1 saturated carbocycles. The molecule has 4 rings (SSSR count). The maximum absolute atomic E-state index is 13.8. The third-order valence-corrected chi connectivity index (χ3v) is 6.94. The highest BCUT2D eigenvalue weighted by Gasteiger charge is 2.48. The molecule has 2 amide bonds. The number of hydrogen-bond acceptors (Lipinski definition) is 4. The molecule has 1 fully saturated rings. The maximum Gasteiger partial charge on any atom is 0.271 e. The summed E-state index contributed by atoms with van der Waals surface area (Å²) in [6.07, 6.45) is 9.19. The Bertz CT molecular complexity index is 941. The van der Waals surface area contributed by atoms with Gasteiger partial charge in [-0.2, -0.15) is 0 Å². The molecule has 1 unspecified atom stereocenters. The number of aromatic nitrogens is 1. The van der Waals surface area contributed by atoms with E-state index in [0.717, 1.165) is 31.4 Å². The predicted octanol–water partition coefficient (Wildman–Crippen LogP) is 4.62. The van der Waals surface area contributed by atoms with Crippen LogP contribution in [0, 0.1) is 0 Å². The van der Waals surface area contributed by atoms with Crippen molar-refractivity contribution >= 4 is 11.8 Å². The number of nitrogens with zero attached hydrogens (tertiary/aromatic N) is 2. The number of amides is 2. The Kier molecular flexibility index (Phi) is 7.27. The van der Waals surface area contributed by atoms with Gasteiger partial charge in [-0.3, -0.25) is 9.59 Å². The van der Waals surface area contributed by atoms with Crippen LogP contribution in [-0.2, 0) is 16.1 Å². The summed E-state index contributed by atoms with van der Waals surface area (Å²) in [7, 11) is 0. The minimum atomic E-state index is -0.991. The monoisotopic (exact) mass is 455 g/mol. The van der Waals surface area contributed by atoms with Crippen molar-refractivity contribution < 1.29 is 18.7 Å². The molecule has 180 valence electrons. The van der Waals surface area contributed by atoms with Gasteiger partial charge in [0.25, 0.3) is 5.91 Å². The Labute approximate surface area is 196 Å². The average Bonchev–Trinajstić information content (AvgIpc) is 3.38. The van der Waals surface area contributed by atoms with Gasteiger partial charge in [0.2, 0.25) is 5.91 Å². The first kappa shape index (κ1) is 23.6. The minimum absolute atomic E-state index is 0.0720. The van der Waals surface area contributed by atoms with Crippen molar-refractivity contribution in [1.82, 2.24) is 14.8 Å². The van der Waals surface area contributed by atoms with Gasteiger partial charge in [-0.05, 0) is 64.3 Å². The van der Waals surface area contributed by atoms with Crippen molar-refractivity contribution in [2.75, 3.05) is 13.2 Å². The lowest BCUT2D eigenvalue weighted by atomic mass is 9.93. The van der Waals surface area contributed by atoms with Crippen molar-refractivity contribution in [3.8, 4) is 11.5 Å². The summed E-state index contributed by atoms with van der Waals surface area (Å²) in [6, 6.07) is 7.63. The number of rotatable bonds is 8. The van der Waals surface area contributed by atoms with Gasteiger partial charge in [-0.15, -0.1) is 0 Å². The molecule has 7 nitrogen and oxygen atoms in total. The maximum atomic E-state index is 13.8. The topological polar surface area (TPSA) is 76.7 Å². The fourth-order valence-electron chi connectivity index (χ4n) is 5.07. The molecular formula is C26H37N3O4. The molecule has 0 aromatic carbocycles. The summed E-state index contributed by atoms with van der Waals surface area (Å²) in [5.74, 6) is 0.499. The zero-order valence-electron chi connectivity index (χ0n) is 20.1. The number of hydrogen-bond donors (Lipinski definition) is 1. The summed E-state index contributed by atoms with van der Waals surface area (Å²) in [4.78, 5) is 29.2. The van der Waals surface area contributed by atoms with Gasteiger partial charge in [0.1, 0.15) is 17.0 Å². The van der Waals surface area contributed by atoms with Crippen molar-refractivity contribution in [1.29, 1.82) is 0 Å². The van der Waals surface area contributed by atoms with Crippen LogP contribution in [0.3, 0.4) is 0 Å². The third-order valence-electron chi connectivity index (χ3n) is 6.94. The first-order valence-corrected chi connectivity index (χ1v) is 12.4. The van der Waals surface area contributed by atoms with Crippen LogP contribution in [-0.4, -0.2) is 52.1 Å². The molecule has 2 aromatic heterocycles. The van der Waals surface area contributed by atoms with E-state index in [2.05, 4.69) is 5.32 Å². The molecule has 7 heteroatoms. The SMILES string of the molecule is CC(C)OCCCN1C(=O)c2ccc(-c3ccco3)n2CC1(C)C(=O)NC1CCCCCC1. The third kappa shape index (κ3) is 5.03. The largest absolute Gasteiger partial charge is 0.463 e. The molecule has 0 bridgehead atoms. The molecule has 1 N–H and O–H groups in total. The Morgan fingerprint density at radius 1 is 1.18 bits per heavy atom. The van der Waals surface area contributed by atoms with Crippen LogP contribution in [0.25, 0.3) is 11.5 Å². The summed E-state index contributed by atoms with van der Waals surface area (Å²) in [5, 5.41) is 3.30. The first-order chi connectivity index (χ1) is 15.9. The van der Waals surface area contributed by atoms with Crippen LogP contribution >= 0.6 is 0 Å². The smallest absolute Gasteiger partial charge is 0.271 e. The number of furan rings is 1. The Balaban J connectivity index is 1.61. The molecule has 3 heterocycles. The molecular weight excluding hydrogens is 418 g/mol. The number of carbonyl (C=O) groups excluding carboxylic acids is 2. The van der Waals surface area contributed by atoms with Crippen LogP contribution in [0.1, 0.15) is 76.2 Å². The first-order valence-electron chi connectivity index (χ1n) is 12.4. The molecule has 2 aliphatic rings. The fraction of sp³-hybridized carbons (Fsp3) is 0.615. The summed E-state index contributed by atoms with van der Waals surface area (Å²) in [6.45, 7) is 7.32. The molecule has 0 radical (unpaired) electrons. The normalized spacial score (nSPS) is 21.8. The van der Waals surface area contributed by atoms with E-state index in [1.165, 1.54) is 12.8 Å². The summed E-state index contributed by atoms with van der Waals surface area (Å²) < 4.78 is 13.2. The van der Waals surface area contributed by atoms with Crippen LogP contribution in [0.15, 0.2) is 34.9 Å². The van der Waals surface area contributed by atoms with Gasteiger partial charge in [-0.25, -0.2) is 0 Å². The van der Waals surface area contributed by atoms with Gasteiger partial charge >= 0.3 is 0 Å². The van der Waals surface area contributed by atoms with E-state index in [0.29, 0.717) is 37.6 Å². The number of fused-ring (bicyclic) bond motifs is 1. The Morgan fingerprint density at radius 3 is 2.58 bits per heavy atom. The quantitative estimate of drug-likeness (QED) is 0.466. The lowest BCUT2D eigenvalue weighted by Gasteiger charge is -2.45. The van der Waals surface area contributed by atoms with Crippen LogP contribution in [0.5, 0.6) is 0 Å². The number of nitrogens with one attached hydrogen (secondary N) is 1. The highest BCUT2D eigenvalue weighted by atomic mass is 16.5. The van der Waals surface area contributed by atoms with Crippen molar-refractivity contribution in [3.63, 3.8) is 0 Å². The zero-order chi connectivity index (χ0) is 23.4. The van der Waals surface area contributed by atoms with E-state index in [-0.39, 0.29) is 24.0 Å². The van der Waals surface area contributed by atoms with Crippen LogP contribution in [0.2, 0.25) is 0 Å². The highest BCUT2D eigenvalue weighted by Crippen LogP contribution is 2.34. The fourth-order valence-corrected chi connectivity index (χ4v) is 5.07.